The molecule has 2 atom stereocenters. The molecule has 0 unspecified atom stereocenters. The standard InChI is InChI=1S/C18H16FN3O2/c1-11-20-6-7-22(11)16-5-4-12(9-15(16)19)21-18(23)14-10-13(14)17-3-2-8-24-17/h2-9,13-14H,10H2,1H3,(H,21,23)/t13-,14-/m0/s1. The number of benzene rings is 1. The van der Waals surface area contributed by atoms with Gasteiger partial charge in [-0.1, -0.05) is 0 Å². The number of hydrogen-bond acceptors (Lipinski definition) is 3. The van der Waals surface area contributed by atoms with E-state index in [-0.39, 0.29) is 17.7 Å². The summed E-state index contributed by atoms with van der Waals surface area (Å²) in [6, 6.07) is 8.35. The lowest BCUT2D eigenvalue weighted by molar-refractivity contribution is -0.117. The van der Waals surface area contributed by atoms with E-state index < -0.39 is 5.82 Å². The van der Waals surface area contributed by atoms with Gasteiger partial charge in [0.05, 0.1) is 12.0 Å². The van der Waals surface area contributed by atoms with Gasteiger partial charge in [0, 0.05) is 29.9 Å². The number of aromatic nitrogens is 2. The molecule has 1 aliphatic rings. The second-order valence-corrected chi connectivity index (χ2v) is 5.96. The van der Waals surface area contributed by atoms with E-state index in [1.165, 1.54) is 6.07 Å². The van der Waals surface area contributed by atoms with Crippen LogP contribution in [0.5, 0.6) is 0 Å². The van der Waals surface area contributed by atoms with Crippen LogP contribution >= 0.6 is 0 Å². The van der Waals surface area contributed by atoms with Crippen LogP contribution in [-0.4, -0.2) is 15.5 Å². The molecule has 1 aromatic carbocycles. The Labute approximate surface area is 138 Å². The zero-order chi connectivity index (χ0) is 16.7. The lowest BCUT2D eigenvalue weighted by atomic mass is 10.2. The second-order valence-electron chi connectivity index (χ2n) is 5.96. The highest BCUT2D eigenvalue weighted by Crippen LogP contribution is 2.48. The Kier molecular flexibility index (Phi) is 3.45. The lowest BCUT2D eigenvalue weighted by Gasteiger charge is -2.09. The van der Waals surface area contributed by atoms with Crippen LogP contribution in [0.25, 0.3) is 5.69 Å². The zero-order valence-corrected chi connectivity index (χ0v) is 13.1. The highest BCUT2D eigenvalue weighted by atomic mass is 19.1. The van der Waals surface area contributed by atoms with E-state index >= 15 is 0 Å². The van der Waals surface area contributed by atoms with Gasteiger partial charge in [0.2, 0.25) is 5.91 Å². The number of carbonyl (C=O) groups is 1. The van der Waals surface area contributed by atoms with Gasteiger partial charge in [0.1, 0.15) is 17.4 Å². The Morgan fingerprint density at radius 2 is 2.29 bits per heavy atom. The number of imidazole rings is 1. The Balaban J connectivity index is 1.47. The number of halogens is 1. The predicted octanol–water partition coefficient (Wildman–Crippen LogP) is 3.66. The first-order chi connectivity index (χ1) is 11.6. The molecule has 1 saturated carbocycles. The summed E-state index contributed by atoms with van der Waals surface area (Å²) in [6.07, 6.45) is 5.68. The van der Waals surface area contributed by atoms with Crippen molar-refractivity contribution < 1.29 is 13.6 Å². The maximum atomic E-state index is 14.3. The second kappa shape index (κ2) is 5.63. The molecule has 0 bridgehead atoms. The fourth-order valence-corrected chi connectivity index (χ4v) is 2.95. The van der Waals surface area contributed by atoms with E-state index in [4.69, 9.17) is 4.42 Å². The quantitative estimate of drug-likeness (QED) is 0.796. The molecule has 122 valence electrons. The molecule has 0 saturated heterocycles. The van der Waals surface area contributed by atoms with Gasteiger partial charge in [-0.15, -0.1) is 0 Å². The van der Waals surface area contributed by atoms with E-state index in [0.29, 0.717) is 17.2 Å². The topological polar surface area (TPSA) is 60.1 Å². The fraction of sp³-hybridized carbons (Fsp3) is 0.222. The van der Waals surface area contributed by atoms with Crippen molar-refractivity contribution >= 4 is 11.6 Å². The summed E-state index contributed by atoms with van der Waals surface area (Å²) >= 11 is 0. The van der Waals surface area contributed by atoms with Crippen molar-refractivity contribution in [1.29, 1.82) is 0 Å². The van der Waals surface area contributed by atoms with Crippen LogP contribution in [0, 0.1) is 18.7 Å². The number of aryl methyl sites for hydroxylation is 1. The van der Waals surface area contributed by atoms with Crippen LogP contribution in [0.15, 0.2) is 53.4 Å². The molecule has 1 N–H and O–H groups in total. The third-order valence-corrected chi connectivity index (χ3v) is 4.34. The summed E-state index contributed by atoms with van der Waals surface area (Å²) in [5.41, 5.74) is 0.854. The monoisotopic (exact) mass is 325 g/mol. The van der Waals surface area contributed by atoms with Gasteiger partial charge in [-0.05, 0) is 43.7 Å². The summed E-state index contributed by atoms with van der Waals surface area (Å²) in [5, 5.41) is 2.78. The Morgan fingerprint density at radius 1 is 1.42 bits per heavy atom. The van der Waals surface area contributed by atoms with Crippen molar-refractivity contribution in [2.45, 2.75) is 19.3 Å². The molecule has 1 fully saturated rings. The highest BCUT2D eigenvalue weighted by molar-refractivity contribution is 5.95. The molecule has 5 nitrogen and oxygen atoms in total. The third-order valence-electron chi connectivity index (χ3n) is 4.34. The molecule has 3 aromatic rings. The summed E-state index contributed by atoms with van der Waals surface area (Å²) < 4.78 is 21.3. The van der Waals surface area contributed by atoms with E-state index in [2.05, 4.69) is 10.3 Å². The molecule has 4 rings (SSSR count). The van der Waals surface area contributed by atoms with Crippen molar-refractivity contribution in [1.82, 2.24) is 9.55 Å². The summed E-state index contributed by atoms with van der Waals surface area (Å²) in [4.78, 5) is 16.4. The number of nitrogens with one attached hydrogen (secondary N) is 1. The van der Waals surface area contributed by atoms with E-state index in [0.717, 1.165) is 12.2 Å². The van der Waals surface area contributed by atoms with Crippen LogP contribution in [0.3, 0.4) is 0 Å². The minimum absolute atomic E-state index is 0.109. The smallest absolute Gasteiger partial charge is 0.228 e. The van der Waals surface area contributed by atoms with E-state index in [9.17, 15) is 9.18 Å². The number of hydrogen-bond donors (Lipinski definition) is 1. The number of anilines is 1. The minimum atomic E-state index is -0.410. The van der Waals surface area contributed by atoms with E-state index in [1.54, 1.807) is 42.3 Å². The molecule has 0 spiro atoms. The normalized spacial score (nSPS) is 19.2. The number of rotatable bonds is 4. The molecule has 0 radical (unpaired) electrons. The average molecular weight is 325 g/mol. The molecule has 6 heteroatoms. The number of carbonyl (C=O) groups excluding carboxylic acids is 1. The summed E-state index contributed by atoms with van der Waals surface area (Å²) in [7, 11) is 0. The minimum Gasteiger partial charge on any atom is -0.469 e. The van der Waals surface area contributed by atoms with Crippen LogP contribution in [0.1, 0.15) is 23.9 Å². The fourth-order valence-electron chi connectivity index (χ4n) is 2.95. The number of furan rings is 1. The first-order valence-corrected chi connectivity index (χ1v) is 7.77. The lowest BCUT2D eigenvalue weighted by Crippen LogP contribution is -2.15. The number of nitrogens with zero attached hydrogens (tertiary/aromatic N) is 2. The van der Waals surface area contributed by atoms with Gasteiger partial charge in [-0.25, -0.2) is 9.37 Å². The van der Waals surface area contributed by atoms with Gasteiger partial charge >= 0.3 is 0 Å². The molecule has 1 amide bonds. The van der Waals surface area contributed by atoms with Crippen molar-refractivity contribution in [3.8, 4) is 5.69 Å². The van der Waals surface area contributed by atoms with Gasteiger partial charge in [-0.2, -0.15) is 0 Å². The zero-order valence-electron chi connectivity index (χ0n) is 13.1. The predicted molar refractivity (Wildman–Crippen MR) is 86.4 cm³/mol. The van der Waals surface area contributed by atoms with Crippen LogP contribution in [-0.2, 0) is 4.79 Å². The molecule has 1 aliphatic carbocycles. The van der Waals surface area contributed by atoms with Crippen molar-refractivity contribution in [2.75, 3.05) is 5.32 Å². The molecule has 0 aliphatic heterocycles. The van der Waals surface area contributed by atoms with Crippen LogP contribution < -0.4 is 5.32 Å². The summed E-state index contributed by atoms with van der Waals surface area (Å²) in [5.74, 6) is 1.01. The third kappa shape index (κ3) is 2.60. The molecule has 2 aromatic heterocycles. The first kappa shape index (κ1) is 14.7. The average Bonchev–Trinajstić information content (AvgIpc) is 2.96. The van der Waals surface area contributed by atoms with Crippen molar-refractivity contribution in [2.24, 2.45) is 5.92 Å². The molecule has 24 heavy (non-hydrogen) atoms. The van der Waals surface area contributed by atoms with Crippen molar-refractivity contribution in [3.63, 3.8) is 0 Å². The summed E-state index contributed by atoms with van der Waals surface area (Å²) in [6.45, 7) is 1.80. The van der Waals surface area contributed by atoms with Crippen molar-refractivity contribution in [3.05, 3.63) is 66.4 Å². The largest absolute Gasteiger partial charge is 0.469 e. The maximum Gasteiger partial charge on any atom is 0.228 e. The number of amides is 1. The maximum absolute atomic E-state index is 14.3. The highest BCUT2D eigenvalue weighted by Gasteiger charge is 2.45. The van der Waals surface area contributed by atoms with Gasteiger partial charge in [-0.3, -0.25) is 4.79 Å². The SMILES string of the molecule is Cc1nccn1-c1ccc(NC(=O)[C@H]2C[C@@H]2c2ccco2)cc1F. The van der Waals surface area contributed by atoms with Gasteiger partial charge < -0.3 is 14.3 Å². The Bertz CT molecular complexity index is 886. The van der Waals surface area contributed by atoms with Gasteiger partial charge in [0.15, 0.2) is 0 Å². The Hall–Kier alpha value is -2.89. The Morgan fingerprint density at radius 3 is 2.96 bits per heavy atom. The molecule has 2 heterocycles. The first-order valence-electron chi connectivity index (χ1n) is 7.77. The van der Waals surface area contributed by atoms with Crippen LogP contribution in [0.4, 0.5) is 10.1 Å². The van der Waals surface area contributed by atoms with E-state index in [1.807, 2.05) is 12.1 Å². The van der Waals surface area contributed by atoms with Gasteiger partial charge in [0.25, 0.3) is 0 Å². The molecular weight excluding hydrogens is 309 g/mol. The van der Waals surface area contributed by atoms with Crippen LogP contribution in [0.2, 0.25) is 0 Å². The molecular formula is C18H16FN3O2.